The zero-order valence-electron chi connectivity index (χ0n) is 10.9. The molecule has 0 aliphatic rings. The second-order valence-electron chi connectivity index (χ2n) is 4.31. The number of aryl methyl sites for hydroxylation is 1. The van der Waals surface area contributed by atoms with Gasteiger partial charge in [0.2, 0.25) is 0 Å². The van der Waals surface area contributed by atoms with Crippen LogP contribution in [-0.4, -0.2) is 23.9 Å². The van der Waals surface area contributed by atoms with Crippen molar-refractivity contribution in [3.8, 4) is 0 Å². The number of nitro groups is 1. The molecular weight excluding hydrogens is 270 g/mol. The summed E-state index contributed by atoms with van der Waals surface area (Å²) in [7, 11) is 0. The van der Waals surface area contributed by atoms with Crippen LogP contribution < -0.4 is 11.1 Å². The van der Waals surface area contributed by atoms with E-state index in [0.717, 1.165) is 0 Å². The summed E-state index contributed by atoms with van der Waals surface area (Å²) < 4.78 is 0. The Morgan fingerprint density at radius 3 is 2.63 bits per heavy atom. The van der Waals surface area contributed by atoms with Crippen molar-refractivity contribution in [1.82, 2.24) is 5.32 Å². The Morgan fingerprint density at radius 2 is 2.16 bits per heavy atom. The molecular formula is C12H18ClN3O3. The van der Waals surface area contributed by atoms with E-state index in [1.54, 1.807) is 6.92 Å². The van der Waals surface area contributed by atoms with E-state index in [0.29, 0.717) is 24.2 Å². The van der Waals surface area contributed by atoms with Crippen LogP contribution >= 0.6 is 12.4 Å². The fourth-order valence-electron chi connectivity index (χ4n) is 1.45. The molecule has 0 aliphatic carbocycles. The topological polar surface area (TPSA) is 98.3 Å². The monoisotopic (exact) mass is 287 g/mol. The molecule has 6 nitrogen and oxygen atoms in total. The van der Waals surface area contributed by atoms with Crippen LogP contribution in [0.25, 0.3) is 0 Å². The molecule has 1 aromatic carbocycles. The molecule has 1 atom stereocenters. The van der Waals surface area contributed by atoms with Gasteiger partial charge in [0.1, 0.15) is 0 Å². The van der Waals surface area contributed by atoms with Crippen LogP contribution in [-0.2, 0) is 0 Å². The predicted octanol–water partition coefficient (Wildman–Crippen LogP) is 1.65. The molecule has 106 valence electrons. The van der Waals surface area contributed by atoms with E-state index in [1.807, 2.05) is 6.92 Å². The number of halogens is 1. The van der Waals surface area contributed by atoms with Gasteiger partial charge in [-0.25, -0.2) is 0 Å². The molecule has 0 saturated carbocycles. The third kappa shape index (κ3) is 4.84. The zero-order valence-corrected chi connectivity index (χ0v) is 11.7. The largest absolute Gasteiger partial charge is 0.352 e. The third-order valence-electron chi connectivity index (χ3n) is 2.67. The molecule has 1 aromatic rings. The first-order chi connectivity index (χ1) is 8.45. The number of nitrogens with zero attached hydrogens (tertiary/aromatic N) is 1. The van der Waals surface area contributed by atoms with Crippen LogP contribution in [0.2, 0.25) is 0 Å². The molecule has 0 spiro atoms. The summed E-state index contributed by atoms with van der Waals surface area (Å²) in [6.45, 7) is 4.53. The maximum absolute atomic E-state index is 11.8. The molecule has 3 N–H and O–H groups in total. The second kappa shape index (κ2) is 7.70. The van der Waals surface area contributed by atoms with Gasteiger partial charge in [-0.15, -0.1) is 12.4 Å². The Kier molecular flexibility index (Phi) is 7.03. The molecule has 0 heterocycles. The Morgan fingerprint density at radius 1 is 1.53 bits per heavy atom. The van der Waals surface area contributed by atoms with Crippen molar-refractivity contribution in [2.45, 2.75) is 13.8 Å². The van der Waals surface area contributed by atoms with Crippen molar-refractivity contribution in [3.63, 3.8) is 0 Å². The normalized spacial score (nSPS) is 11.3. The van der Waals surface area contributed by atoms with E-state index in [-0.39, 0.29) is 29.9 Å². The minimum Gasteiger partial charge on any atom is -0.352 e. The number of hydrogen-bond donors (Lipinski definition) is 2. The van der Waals surface area contributed by atoms with E-state index >= 15 is 0 Å². The van der Waals surface area contributed by atoms with E-state index in [1.165, 1.54) is 18.2 Å². The first-order valence-corrected chi connectivity index (χ1v) is 5.69. The molecule has 1 rings (SSSR count). The van der Waals surface area contributed by atoms with Crippen LogP contribution in [0.4, 0.5) is 5.69 Å². The fourth-order valence-corrected chi connectivity index (χ4v) is 1.45. The SMILES string of the molecule is Cc1cc(C(=O)NCC(C)CN)ccc1[N+](=O)[O-].Cl. The van der Waals surface area contributed by atoms with Gasteiger partial charge in [0.05, 0.1) is 4.92 Å². The lowest BCUT2D eigenvalue weighted by Crippen LogP contribution is -2.31. The maximum atomic E-state index is 11.8. The van der Waals surface area contributed by atoms with E-state index in [9.17, 15) is 14.9 Å². The van der Waals surface area contributed by atoms with E-state index in [4.69, 9.17) is 5.73 Å². The fraction of sp³-hybridized carbons (Fsp3) is 0.417. The second-order valence-corrected chi connectivity index (χ2v) is 4.31. The van der Waals surface area contributed by atoms with Crippen LogP contribution in [0.3, 0.4) is 0 Å². The summed E-state index contributed by atoms with van der Waals surface area (Å²) in [5.41, 5.74) is 6.35. The van der Waals surface area contributed by atoms with Gasteiger partial charge >= 0.3 is 0 Å². The molecule has 19 heavy (non-hydrogen) atoms. The number of nitro benzene ring substituents is 1. The van der Waals surface area contributed by atoms with Crippen LogP contribution in [0, 0.1) is 23.0 Å². The number of nitrogens with one attached hydrogen (secondary N) is 1. The predicted molar refractivity (Wildman–Crippen MR) is 75.6 cm³/mol. The summed E-state index contributed by atoms with van der Waals surface area (Å²) in [4.78, 5) is 22.0. The number of amides is 1. The minimum atomic E-state index is -0.465. The Hall–Kier alpha value is -1.66. The maximum Gasteiger partial charge on any atom is 0.272 e. The highest BCUT2D eigenvalue weighted by molar-refractivity contribution is 5.94. The third-order valence-corrected chi connectivity index (χ3v) is 2.67. The minimum absolute atomic E-state index is 0. The van der Waals surface area contributed by atoms with Gasteiger partial charge in [0.25, 0.3) is 11.6 Å². The molecule has 0 fully saturated rings. The molecule has 1 amide bonds. The van der Waals surface area contributed by atoms with Crippen molar-refractivity contribution in [2.24, 2.45) is 11.7 Å². The van der Waals surface area contributed by atoms with Gasteiger partial charge in [-0.05, 0) is 31.5 Å². The number of benzene rings is 1. The first-order valence-electron chi connectivity index (χ1n) is 5.69. The summed E-state index contributed by atoms with van der Waals surface area (Å²) in [6, 6.07) is 4.31. The van der Waals surface area contributed by atoms with Crippen LogP contribution in [0.1, 0.15) is 22.8 Å². The lowest BCUT2D eigenvalue weighted by atomic mass is 10.1. The van der Waals surface area contributed by atoms with Gasteiger partial charge in [0.15, 0.2) is 0 Å². The number of nitrogens with two attached hydrogens (primary N) is 1. The van der Waals surface area contributed by atoms with Crippen molar-refractivity contribution in [2.75, 3.05) is 13.1 Å². The Bertz CT molecular complexity index is 466. The number of carbonyl (C=O) groups excluding carboxylic acids is 1. The quantitative estimate of drug-likeness (QED) is 0.635. The molecule has 0 bridgehead atoms. The lowest BCUT2D eigenvalue weighted by Gasteiger charge is -2.10. The van der Waals surface area contributed by atoms with E-state index in [2.05, 4.69) is 5.32 Å². The number of rotatable bonds is 5. The van der Waals surface area contributed by atoms with Crippen molar-refractivity contribution >= 4 is 24.0 Å². The highest BCUT2D eigenvalue weighted by Crippen LogP contribution is 2.18. The Balaban J connectivity index is 0.00000324. The van der Waals surface area contributed by atoms with Gasteiger partial charge in [-0.3, -0.25) is 14.9 Å². The zero-order chi connectivity index (χ0) is 13.7. The summed E-state index contributed by atoms with van der Waals surface area (Å²) in [5, 5.41) is 13.4. The average molecular weight is 288 g/mol. The van der Waals surface area contributed by atoms with Crippen LogP contribution in [0.5, 0.6) is 0 Å². The van der Waals surface area contributed by atoms with Crippen LogP contribution in [0.15, 0.2) is 18.2 Å². The highest BCUT2D eigenvalue weighted by atomic mass is 35.5. The van der Waals surface area contributed by atoms with Gasteiger partial charge in [-0.1, -0.05) is 6.92 Å². The molecule has 7 heteroatoms. The summed E-state index contributed by atoms with van der Waals surface area (Å²) >= 11 is 0. The summed E-state index contributed by atoms with van der Waals surface area (Å²) in [5.74, 6) is -0.0404. The average Bonchev–Trinajstić information content (AvgIpc) is 2.34. The van der Waals surface area contributed by atoms with E-state index < -0.39 is 4.92 Å². The highest BCUT2D eigenvalue weighted by Gasteiger charge is 2.13. The Labute approximate surface area is 117 Å². The first kappa shape index (κ1) is 17.3. The molecule has 0 radical (unpaired) electrons. The molecule has 1 unspecified atom stereocenters. The number of hydrogen-bond acceptors (Lipinski definition) is 4. The van der Waals surface area contributed by atoms with Crippen molar-refractivity contribution < 1.29 is 9.72 Å². The van der Waals surface area contributed by atoms with Crippen molar-refractivity contribution in [3.05, 3.63) is 39.4 Å². The smallest absolute Gasteiger partial charge is 0.272 e. The molecule has 0 aliphatic heterocycles. The summed E-state index contributed by atoms with van der Waals surface area (Å²) in [6.07, 6.45) is 0. The standard InChI is InChI=1S/C12H17N3O3.ClH/c1-8(6-13)7-14-12(16)10-3-4-11(15(17)18)9(2)5-10;/h3-5,8H,6-7,13H2,1-2H3,(H,14,16);1H. The number of carbonyl (C=O) groups is 1. The van der Waals surface area contributed by atoms with Gasteiger partial charge < -0.3 is 11.1 Å². The molecule has 0 saturated heterocycles. The van der Waals surface area contributed by atoms with Crippen molar-refractivity contribution in [1.29, 1.82) is 0 Å². The molecule has 0 aromatic heterocycles. The lowest BCUT2D eigenvalue weighted by molar-refractivity contribution is -0.385. The van der Waals surface area contributed by atoms with Gasteiger partial charge in [0, 0.05) is 23.7 Å². The van der Waals surface area contributed by atoms with Gasteiger partial charge in [-0.2, -0.15) is 0 Å².